The largest absolute Gasteiger partial charge is 0.354 e. The predicted molar refractivity (Wildman–Crippen MR) is 135 cm³/mol. The zero-order valence-electron chi connectivity index (χ0n) is 20.6. The molecule has 0 aromatic heterocycles. The van der Waals surface area contributed by atoms with Crippen LogP contribution in [0.1, 0.15) is 37.0 Å². The number of non-ortho nitro benzene ring substituents is 1. The fourth-order valence-electron chi connectivity index (χ4n) is 3.44. The zero-order chi connectivity index (χ0) is 26.3. The lowest BCUT2D eigenvalue weighted by Gasteiger charge is -2.31. The molecule has 0 aliphatic heterocycles. The molecular weight excluding hydrogens is 472 g/mol. The van der Waals surface area contributed by atoms with Gasteiger partial charge < -0.3 is 10.2 Å². The summed E-state index contributed by atoms with van der Waals surface area (Å²) in [4.78, 5) is 38.2. The van der Waals surface area contributed by atoms with Crippen LogP contribution in [0.25, 0.3) is 0 Å². The molecule has 0 aliphatic rings. The summed E-state index contributed by atoms with van der Waals surface area (Å²) in [5.74, 6) is -0.967. The molecule has 0 aliphatic carbocycles. The Morgan fingerprint density at radius 2 is 1.74 bits per heavy atom. The SMILES string of the molecule is CCCNC(=O)[C@H](C)N(Cc1ccc(C)cc1)C(=O)CN(c1cc([N+](=O)[O-])ccc1C)S(C)(=O)=O. The Bertz CT molecular complexity index is 1180. The smallest absolute Gasteiger partial charge is 0.271 e. The van der Waals surface area contributed by atoms with Gasteiger partial charge in [0.25, 0.3) is 5.69 Å². The number of rotatable bonds is 11. The number of anilines is 1. The Hall–Kier alpha value is -3.47. The number of nitro benzene ring substituents is 1. The average Bonchev–Trinajstić information content (AvgIpc) is 2.79. The Balaban J connectivity index is 2.45. The molecule has 0 unspecified atom stereocenters. The van der Waals surface area contributed by atoms with Crippen LogP contribution in [0.2, 0.25) is 0 Å². The lowest BCUT2D eigenvalue weighted by Crippen LogP contribution is -2.51. The molecule has 0 saturated heterocycles. The van der Waals surface area contributed by atoms with Crippen molar-refractivity contribution in [1.82, 2.24) is 10.2 Å². The molecule has 35 heavy (non-hydrogen) atoms. The van der Waals surface area contributed by atoms with Gasteiger partial charge in [0.15, 0.2) is 0 Å². The quantitative estimate of drug-likeness (QED) is 0.370. The minimum absolute atomic E-state index is 0.0356. The fourth-order valence-corrected chi connectivity index (χ4v) is 4.34. The van der Waals surface area contributed by atoms with Gasteiger partial charge in [-0.15, -0.1) is 0 Å². The molecule has 11 heteroatoms. The summed E-state index contributed by atoms with van der Waals surface area (Å²) < 4.78 is 26.2. The van der Waals surface area contributed by atoms with E-state index in [0.29, 0.717) is 12.1 Å². The van der Waals surface area contributed by atoms with E-state index < -0.39 is 33.4 Å². The summed E-state index contributed by atoms with van der Waals surface area (Å²) in [6.07, 6.45) is 1.65. The highest BCUT2D eigenvalue weighted by atomic mass is 32.2. The molecular formula is C24H32N4O6S. The second kappa shape index (κ2) is 11.8. The number of nitrogens with one attached hydrogen (secondary N) is 1. The third-order valence-corrected chi connectivity index (χ3v) is 6.67. The Morgan fingerprint density at radius 1 is 1.11 bits per heavy atom. The number of amides is 2. The van der Waals surface area contributed by atoms with Crippen LogP contribution in [0.3, 0.4) is 0 Å². The number of sulfonamides is 1. The van der Waals surface area contributed by atoms with Crippen LogP contribution in [0.4, 0.5) is 11.4 Å². The lowest BCUT2D eigenvalue weighted by atomic mass is 10.1. The van der Waals surface area contributed by atoms with Crippen LogP contribution in [0.15, 0.2) is 42.5 Å². The van der Waals surface area contributed by atoms with Crippen molar-refractivity contribution in [2.24, 2.45) is 0 Å². The van der Waals surface area contributed by atoms with Crippen molar-refractivity contribution in [3.8, 4) is 0 Å². The van der Waals surface area contributed by atoms with Crippen LogP contribution < -0.4 is 9.62 Å². The van der Waals surface area contributed by atoms with Crippen molar-refractivity contribution in [3.63, 3.8) is 0 Å². The molecule has 2 aromatic carbocycles. The minimum Gasteiger partial charge on any atom is -0.354 e. The van der Waals surface area contributed by atoms with Gasteiger partial charge in [-0.1, -0.05) is 42.8 Å². The first-order valence-electron chi connectivity index (χ1n) is 11.2. The van der Waals surface area contributed by atoms with Crippen molar-refractivity contribution < 1.29 is 22.9 Å². The summed E-state index contributed by atoms with van der Waals surface area (Å²) >= 11 is 0. The highest BCUT2D eigenvalue weighted by Gasteiger charge is 2.31. The zero-order valence-corrected chi connectivity index (χ0v) is 21.5. The summed E-state index contributed by atoms with van der Waals surface area (Å²) in [6, 6.07) is 10.4. The summed E-state index contributed by atoms with van der Waals surface area (Å²) in [6.45, 7) is 6.94. The van der Waals surface area contributed by atoms with E-state index in [4.69, 9.17) is 0 Å². The van der Waals surface area contributed by atoms with Crippen molar-refractivity contribution in [3.05, 3.63) is 69.3 Å². The van der Waals surface area contributed by atoms with Gasteiger partial charge in [0, 0.05) is 25.2 Å². The number of benzene rings is 2. The van der Waals surface area contributed by atoms with E-state index in [0.717, 1.165) is 34.2 Å². The maximum atomic E-state index is 13.5. The van der Waals surface area contributed by atoms with Crippen LogP contribution in [0.5, 0.6) is 0 Å². The molecule has 0 spiro atoms. The van der Waals surface area contributed by atoms with Gasteiger partial charge in [-0.2, -0.15) is 0 Å². The summed E-state index contributed by atoms with van der Waals surface area (Å²) in [7, 11) is -3.99. The van der Waals surface area contributed by atoms with Gasteiger partial charge in [-0.25, -0.2) is 8.42 Å². The Labute approximate surface area is 206 Å². The van der Waals surface area contributed by atoms with E-state index in [-0.39, 0.29) is 23.8 Å². The normalized spacial score (nSPS) is 12.0. The monoisotopic (exact) mass is 504 g/mol. The molecule has 1 atom stereocenters. The molecule has 0 fully saturated rings. The van der Waals surface area contributed by atoms with Gasteiger partial charge in [0.1, 0.15) is 12.6 Å². The first-order valence-corrected chi connectivity index (χ1v) is 13.1. The number of hydrogen-bond donors (Lipinski definition) is 1. The van der Waals surface area contributed by atoms with Gasteiger partial charge >= 0.3 is 0 Å². The summed E-state index contributed by atoms with van der Waals surface area (Å²) in [5.41, 5.74) is 2.00. The maximum Gasteiger partial charge on any atom is 0.271 e. The molecule has 0 radical (unpaired) electrons. The van der Waals surface area contributed by atoms with E-state index in [1.54, 1.807) is 13.8 Å². The Kier molecular flexibility index (Phi) is 9.35. The molecule has 1 N–H and O–H groups in total. The lowest BCUT2D eigenvalue weighted by molar-refractivity contribution is -0.384. The third kappa shape index (κ3) is 7.51. The number of nitrogens with zero attached hydrogens (tertiary/aromatic N) is 3. The Morgan fingerprint density at radius 3 is 2.29 bits per heavy atom. The second-order valence-corrected chi connectivity index (χ2v) is 10.4. The maximum absolute atomic E-state index is 13.5. The molecule has 0 saturated carbocycles. The van der Waals surface area contributed by atoms with Crippen LogP contribution >= 0.6 is 0 Å². The number of aryl methyl sites for hydroxylation is 2. The second-order valence-electron chi connectivity index (χ2n) is 8.47. The van der Waals surface area contributed by atoms with E-state index in [9.17, 15) is 28.1 Å². The summed E-state index contributed by atoms with van der Waals surface area (Å²) in [5, 5.41) is 14.0. The molecule has 0 heterocycles. The minimum atomic E-state index is -3.99. The van der Waals surface area contributed by atoms with E-state index >= 15 is 0 Å². The highest BCUT2D eigenvalue weighted by Crippen LogP contribution is 2.28. The van der Waals surface area contributed by atoms with Crippen molar-refractivity contribution >= 4 is 33.2 Å². The fraction of sp³-hybridized carbons (Fsp3) is 0.417. The predicted octanol–water partition coefficient (Wildman–Crippen LogP) is 2.92. The van der Waals surface area contributed by atoms with Gasteiger partial charge in [0.05, 0.1) is 16.9 Å². The van der Waals surface area contributed by atoms with Crippen molar-refractivity contribution in [2.75, 3.05) is 23.7 Å². The highest BCUT2D eigenvalue weighted by molar-refractivity contribution is 7.92. The number of nitro groups is 1. The molecule has 10 nitrogen and oxygen atoms in total. The van der Waals surface area contributed by atoms with Gasteiger partial charge in [-0.3, -0.25) is 24.0 Å². The number of carbonyl (C=O) groups is 2. The standard InChI is InChI=1S/C24H32N4O6S/c1-6-13-25-24(30)19(4)26(15-20-10-7-17(2)8-11-20)23(29)16-27(35(5,33)34)22-14-21(28(31)32)12-9-18(22)3/h7-12,14,19H,6,13,15-16H2,1-5H3,(H,25,30)/t19-/m0/s1. The van der Waals surface area contributed by atoms with Gasteiger partial charge in [0.2, 0.25) is 21.8 Å². The molecule has 0 bridgehead atoms. The van der Waals surface area contributed by atoms with Crippen LogP contribution in [-0.2, 0) is 26.2 Å². The molecule has 190 valence electrons. The molecule has 2 amide bonds. The molecule has 2 aromatic rings. The van der Waals surface area contributed by atoms with Crippen LogP contribution in [-0.4, -0.2) is 55.4 Å². The average molecular weight is 505 g/mol. The molecule has 2 rings (SSSR count). The number of carbonyl (C=O) groups excluding carboxylic acids is 2. The first-order chi connectivity index (χ1) is 16.3. The van der Waals surface area contributed by atoms with E-state index in [1.807, 2.05) is 38.1 Å². The van der Waals surface area contributed by atoms with Crippen LogP contribution in [0, 0.1) is 24.0 Å². The van der Waals surface area contributed by atoms with Crippen molar-refractivity contribution in [2.45, 2.75) is 46.7 Å². The number of hydrogen-bond acceptors (Lipinski definition) is 6. The van der Waals surface area contributed by atoms with Gasteiger partial charge in [-0.05, 0) is 38.3 Å². The van der Waals surface area contributed by atoms with E-state index in [1.165, 1.54) is 17.0 Å². The van der Waals surface area contributed by atoms with Crippen molar-refractivity contribution in [1.29, 1.82) is 0 Å². The third-order valence-electron chi connectivity index (χ3n) is 5.54. The first kappa shape index (κ1) is 27.8. The topological polar surface area (TPSA) is 130 Å². The van der Waals surface area contributed by atoms with E-state index in [2.05, 4.69) is 5.32 Å².